The van der Waals surface area contributed by atoms with Crippen molar-refractivity contribution in [3.05, 3.63) is 72.7 Å². The number of hydrogen-bond acceptors (Lipinski definition) is 6. The molecule has 31 heavy (non-hydrogen) atoms. The molecule has 0 amide bonds. The predicted octanol–water partition coefficient (Wildman–Crippen LogP) is 3.68. The van der Waals surface area contributed by atoms with Crippen molar-refractivity contribution in [1.82, 2.24) is 14.7 Å². The molecule has 0 spiro atoms. The molecule has 0 unspecified atom stereocenters. The Hall–Kier alpha value is -3.28. The van der Waals surface area contributed by atoms with E-state index in [1.54, 1.807) is 12.1 Å². The second kappa shape index (κ2) is 9.25. The highest BCUT2D eigenvalue weighted by Gasteiger charge is 2.27. The maximum atomic E-state index is 12.8. The summed E-state index contributed by atoms with van der Waals surface area (Å²) in [7, 11) is -3.60. The summed E-state index contributed by atoms with van der Waals surface area (Å²) in [5.74, 6) is 0.229. The molecule has 1 aromatic heterocycles. The molecule has 158 valence electrons. The number of benzene rings is 2. The lowest BCUT2D eigenvalue weighted by atomic mass is 9.94. The number of aromatic nitrogens is 2. The van der Waals surface area contributed by atoms with Crippen LogP contribution in [0.3, 0.4) is 0 Å². The number of rotatable bonds is 6. The molecule has 0 radical (unpaired) electrons. The van der Waals surface area contributed by atoms with Gasteiger partial charge in [0.25, 0.3) is 5.88 Å². The van der Waals surface area contributed by atoms with Gasteiger partial charge in [0.2, 0.25) is 15.7 Å². The summed E-state index contributed by atoms with van der Waals surface area (Å²) in [6.07, 6.45) is 5.45. The smallest absolute Gasteiger partial charge is 0.251 e. The molecule has 4 rings (SSSR count). The van der Waals surface area contributed by atoms with Crippen LogP contribution in [0.2, 0.25) is 0 Å². The third-order valence-corrected chi connectivity index (χ3v) is 6.85. The molecule has 0 atom stereocenters. The van der Waals surface area contributed by atoms with Crippen LogP contribution in [0.1, 0.15) is 31.4 Å². The van der Waals surface area contributed by atoms with Crippen LogP contribution in [0.15, 0.2) is 71.9 Å². The average Bonchev–Trinajstić information content (AvgIpc) is 2.81. The molecule has 0 saturated heterocycles. The Morgan fingerprint density at radius 3 is 2.23 bits per heavy atom. The molecule has 1 saturated carbocycles. The Bertz CT molecular complexity index is 1170. The quantitative estimate of drug-likeness (QED) is 0.634. The predicted molar refractivity (Wildman–Crippen MR) is 116 cm³/mol. The van der Waals surface area contributed by atoms with Crippen LogP contribution in [0, 0.1) is 11.3 Å². The first kappa shape index (κ1) is 21.0. The van der Waals surface area contributed by atoms with Crippen LogP contribution in [0.4, 0.5) is 0 Å². The molecular formula is C23H22N4O3S. The van der Waals surface area contributed by atoms with Crippen molar-refractivity contribution in [2.24, 2.45) is 0 Å². The van der Waals surface area contributed by atoms with E-state index in [1.165, 1.54) is 12.4 Å². The molecule has 7 nitrogen and oxygen atoms in total. The Balaban J connectivity index is 1.35. The zero-order valence-electron chi connectivity index (χ0n) is 16.8. The fourth-order valence-corrected chi connectivity index (χ4v) is 4.99. The van der Waals surface area contributed by atoms with Gasteiger partial charge in [-0.3, -0.25) is 0 Å². The minimum atomic E-state index is -3.60. The first-order valence-corrected chi connectivity index (χ1v) is 11.6. The van der Waals surface area contributed by atoms with E-state index >= 15 is 0 Å². The Morgan fingerprint density at radius 1 is 0.903 bits per heavy atom. The van der Waals surface area contributed by atoms with E-state index in [4.69, 9.17) is 10.00 Å². The van der Waals surface area contributed by atoms with Crippen LogP contribution < -0.4 is 9.46 Å². The molecule has 1 aliphatic rings. The van der Waals surface area contributed by atoms with Gasteiger partial charge in [0.15, 0.2) is 0 Å². The molecule has 1 fully saturated rings. The normalized spacial score (nSPS) is 18.8. The van der Waals surface area contributed by atoms with Crippen molar-refractivity contribution in [2.75, 3.05) is 0 Å². The lowest BCUT2D eigenvalue weighted by molar-refractivity contribution is 0.137. The van der Waals surface area contributed by atoms with E-state index in [9.17, 15) is 8.42 Å². The summed E-state index contributed by atoms with van der Waals surface area (Å²) in [6, 6.07) is 18.6. The maximum Gasteiger partial charge on any atom is 0.251 e. The van der Waals surface area contributed by atoms with Crippen LogP contribution in [-0.2, 0) is 10.0 Å². The topological polar surface area (TPSA) is 105 Å². The Morgan fingerprint density at radius 2 is 1.55 bits per heavy atom. The summed E-state index contributed by atoms with van der Waals surface area (Å²) in [4.78, 5) is 8.27. The SMILES string of the molecule is N#Cc1nccnc1OC1CCC(NS(=O)(=O)c2ccc(-c3ccccc3)cc2)CC1. The second-order valence-electron chi connectivity index (χ2n) is 7.43. The van der Waals surface area contributed by atoms with Gasteiger partial charge >= 0.3 is 0 Å². The minimum absolute atomic E-state index is 0.116. The number of sulfonamides is 1. The fourth-order valence-electron chi connectivity index (χ4n) is 3.69. The highest BCUT2D eigenvalue weighted by atomic mass is 32.2. The van der Waals surface area contributed by atoms with Crippen molar-refractivity contribution in [3.63, 3.8) is 0 Å². The molecule has 1 aliphatic carbocycles. The maximum absolute atomic E-state index is 12.8. The number of nitriles is 1. The Labute approximate surface area is 181 Å². The van der Waals surface area contributed by atoms with Gasteiger partial charge in [0.05, 0.1) is 4.90 Å². The third kappa shape index (κ3) is 5.08. The van der Waals surface area contributed by atoms with Crippen molar-refractivity contribution >= 4 is 10.0 Å². The van der Waals surface area contributed by atoms with Gasteiger partial charge in [-0.1, -0.05) is 42.5 Å². The van der Waals surface area contributed by atoms with Crippen molar-refractivity contribution in [1.29, 1.82) is 5.26 Å². The molecule has 0 bridgehead atoms. The van der Waals surface area contributed by atoms with Crippen LogP contribution >= 0.6 is 0 Å². The van der Waals surface area contributed by atoms with E-state index in [-0.39, 0.29) is 28.6 Å². The zero-order valence-corrected chi connectivity index (χ0v) is 17.6. The summed E-state index contributed by atoms with van der Waals surface area (Å²) in [5, 5.41) is 9.10. The molecule has 1 N–H and O–H groups in total. The summed E-state index contributed by atoms with van der Waals surface area (Å²) in [5.41, 5.74) is 2.17. The lowest BCUT2D eigenvalue weighted by Crippen LogP contribution is -2.39. The van der Waals surface area contributed by atoms with E-state index < -0.39 is 10.0 Å². The Kier molecular flexibility index (Phi) is 6.26. The van der Waals surface area contributed by atoms with Gasteiger partial charge in [-0.15, -0.1) is 0 Å². The van der Waals surface area contributed by atoms with Crippen LogP contribution in [0.5, 0.6) is 5.88 Å². The van der Waals surface area contributed by atoms with Gasteiger partial charge in [-0.05, 0) is 48.9 Å². The van der Waals surface area contributed by atoms with Crippen molar-refractivity contribution in [3.8, 4) is 23.1 Å². The fraction of sp³-hybridized carbons (Fsp3) is 0.261. The molecule has 3 aromatic rings. The summed E-state index contributed by atoms with van der Waals surface area (Å²) in [6.45, 7) is 0. The largest absolute Gasteiger partial charge is 0.472 e. The highest BCUT2D eigenvalue weighted by molar-refractivity contribution is 7.89. The summed E-state index contributed by atoms with van der Waals surface area (Å²) >= 11 is 0. The van der Waals surface area contributed by atoms with Gasteiger partial charge in [-0.25, -0.2) is 23.1 Å². The monoisotopic (exact) mass is 434 g/mol. The van der Waals surface area contributed by atoms with Gasteiger partial charge in [-0.2, -0.15) is 5.26 Å². The van der Waals surface area contributed by atoms with Gasteiger partial charge < -0.3 is 4.74 Å². The standard InChI is InChI=1S/C23H22N4O3S/c24-16-22-23(26-15-14-25-22)30-20-10-8-19(9-11-20)27-31(28,29)21-12-6-18(7-13-21)17-4-2-1-3-5-17/h1-7,12-15,19-20,27H,8-11H2. The first-order chi connectivity index (χ1) is 15.0. The first-order valence-electron chi connectivity index (χ1n) is 10.1. The number of nitrogens with one attached hydrogen (secondary N) is 1. The molecule has 8 heteroatoms. The number of nitrogens with zero attached hydrogens (tertiary/aromatic N) is 3. The van der Waals surface area contributed by atoms with E-state index in [0.29, 0.717) is 25.7 Å². The van der Waals surface area contributed by atoms with Gasteiger partial charge in [0, 0.05) is 18.4 Å². The molecule has 1 heterocycles. The minimum Gasteiger partial charge on any atom is -0.472 e. The lowest BCUT2D eigenvalue weighted by Gasteiger charge is -2.29. The number of ether oxygens (including phenoxy) is 1. The third-order valence-electron chi connectivity index (χ3n) is 5.32. The molecular weight excluding hydrogens is 412 g/mol. The summed E-state index contributed by atoms with van der Waals surface area (Å²) < 4.78 is 34.3. The van der Waals surface area contributed by atoms with Crippen molar-refractivity contribution in [2.45, 2.75) is 42.7 Å². The van der Waals surface area contributed by atoms with E-state index in [0.717, 1.165) is 11.1 Å². The second-order valence-corrected chi connectivity index (χ2v) is 9.14. The molecule has 2 aromatic carbocycles. The van der Waals surface area contributed by atoms with Gasteiger partial charge in [0.1, 0.15) is 12.2 Å². The average molecular weight is 435 g/mol. The zero-order chi connectivity index (χ0) is 21.7. The van der Waals surface area contributed by atoms with E-state index in [2.05, 4.69) is 14.7 Å². The highest BCUT2D eigenvalue weighted by Crippen LogP contribution is 2.26. The van der Waals surface area contributed by atoms with Crippen molar-refractivity contribution < 1.29 is 13.2 Å². The molecule has 0 aliphatic heterocycles. The number of hydrogen-bond donors (Lipinski definition) is 1. The van der Waals surface area contributed by atoms with Crippen LogP contribution in [0.25, 0.3) is 11.1 Å². The van der Waals surface area contributed by atoms with E-state index in [1.807, 2.05) is 48.5 Å². The van der Waals surface area contributed by atoms with Crippen LogP contribution in [-0.4, -0.2) is 30.5 Å².